The van der Waals surface area contributed by atoms with Gasteiger partial charge >= 0.3 is 5.97 Å². The lowest BCUT2D eigenvalue weighted by Crippen LogP contribution is -2.55. The average molecular weight is 2040 g/mol. The van der Waals surface area contributed by atoms with Crippen molar-refractivity contribution in [2.75, 3.05) is 155 Å². The molecule has 1 aromatic heterocycles. The zero-order chi connectivity index (χ0) is 100. The van der Waals surface area contributed by atoms with Crippen molar-refractivity contribution in [1.82, 2.24) is 57.7 Å². The quantitative estimate of drug-likeness (QED) is 0.0445. The summed E-state index contributed by atoms with van der Waals surface area (Å²) in [5.74, 6) is -16.5. The highest BCUT2D eigenvalue weighted by molar-refractivity contribution is 8.00. The van der Waals surface area contributed by atoms with Crippen LogP contribution in [0.25, 0.3) is 10.9 Å². The van der Waals surface area contributed by atoms with E-state index >= 15 is 0 Å². The van der Waals surface area contributed by atoms with Gasteiger partial charge in [0.1, 0.15) is 40.7 Å². The molecular weight excluding hydrogens is 1900 g/mol. The second-order valence-corrected chi connectivity index (χ2v) is 40.2. The molecule has 10 atom stereocenters. The van der Waals surface area contributed by atoms with E-state index in [0.717, 1.165) is 16.5 Å². The van der Waals surface area contributed by atoms with Gasteiger partial charge in [0.05, 0.1) is 63.8 Å². The lowest BCUT2D eigenvalue weighted by molar-refractivity contribution is -0.143. The van der Waals surface area contributed by atoms with Crippen molar-refractivity contribution in [3.63, 3.8) is 0 Å². The number of thioether (sulfide) groups is 8. The molecule has 36 nitrogen and oxygen atoms in total. The third kappa shape index (κ3) is 49.1. The highest BCUT2D eigenvalue weighted by atomic mass is 32.2. The molecule has 0 spiro atoms. The minimum absolute atomic E-state index is 0.203. The van der Waals surface area contributed by atoms with Crippen LogP contribution in [-0.4, -0.2) is 329 Å². The molecule has 3 rings (SSSR count). The van der Waals surface area contributed by atoms with Gasteiger partial charge in [-0.2, -0.15) is 94.1 Å². The maximum absolute atomic E-state index is 13.9. The largest absolute Gasteiger partial charge is 0.481 e. The van der Waals surface area contributed by atoms with Gasteiger partial charge in [-0.3, -0.25) is 115 Å². The Balaban J connectivity index is 1.33. The number of nitrogens with one attached hydrogen (secondary N) is 10. The van der Waals surface area contributed by atoms with Crippen molar-refractivity contribution in [2.45, 2.75) is 172 Å². The predicted molar refractivity (Wildman–Crippen MR) is 529 cm³/mol. The first kappa shape index (κ1) is 121. The van der Waals surface area contributed by atoms with Crippen molar-refractivity contribution in [3.05, 3.63) is 36.0 Å². The fraction of sp³-hybridized carbons (Fsp3) is 0.648. The number of carbonyl (C=O) groups excluding carboxylic acids is 23. The number of fused-ring (bicyclic) bond motifs is 1. The highest BCUT2D eigenvalue weighted by Gasteiger charge is 2.39. The zero-order valence-electron chi connectivity index (χ0n) is 78.4. The van der Waals surface area contributed by atoms with E-state index in [1.165, 1.54) is 94.1 Å². The van der Waals surface area contributed by atoms with E-state index in [2.05, 4.69) is 52.8 Å². The van der Waals surface area contributed by atoms with Gasteiger partial charge in [0.2, 0.25) is 53.2 Å². The number of carboxylic acids is 1. The molecule has 2 aromatic rings. The molecule has 1 aliphatic heterocycles. The van der Waals surface area contributed by atoms with E-state index in [1.807, 2.05) is 30.5 Å². The first-order valence-corrected chi connectivity index (χ1v) is 55.7. The number of Topliss-reactive ketones (excluding diaryl/α,β-unsaturated/α-hetero) is 14. The van der Waals surface area contributed by atoms with Crippen LogP contribution in [-0.2, 0) is 121 Å². The summed E-state index contributed by atoms with van der Waals surface area (Å²) < 4.78 is 0. The van der Waals surface area contributed by atoms with Crippen LogP contribution in [0.1, 0.15) is 153 Å². The van der Waals surface area contributed by atoms with Gasteiger partial charge in [-0.15, -0.1) is 0 Å². The number of carboxylic acid groups (broad SMARTS) is 1. The number of hydrogen-bond donors (Lipinski definition) is 11. The van der Waals surface area contributed by atoms with Gasteiger partial charge in [0.15, 0.2) is 46.3 Å². The van der Waals surface area contributed by atoms with E-state index < -0.39 is 234 Å². The van der Waals surface area contributed by atoms with E-state index in [0.29, 0.717) is 25.8 Å². The normalized spacial score (nSPS) is 14.3. The Bertz CT molecular complexity index is 4410. The Morgan fingerprint density at radius 2 is 0.607 bits per heavy atom. The van der Waals surface area contributed by atoms with E-state index in [4.69, 9.17) is 0 Å². The lowest BCUT2D eigenvalue weighted by atomic mass is 9.95. The maximum Gasteiger partial charge on any atom is 0.307 e. The fourth-order valence-corrected chi connectivity index (χ4v) is 20.2. The molecule has 750 valence electrons. The first-order valence-electron chi connectivity index (χ1n) is 44.5. The number of amides is 9. The summed E-state index contributed by atoms with van der Waals surface area (Å²) in [6, 6.07) is 5.40. The first-order chi connectivity index (χ1) is 64.4. The molecule has 1 aromatic carbocycles. The molecule has 10 unspecified atom stereocenters. The summed E-state index contributed by atoms with van der Waals surface area (Å²) in [4.78, 5) is 317. The summed E-state index contributed by atoms with van der Waals surface area (Å²) in [5.41, 5.74) is 1.89. The number of likely N-dealkylation sites (N-methyl/N-ethyl adjacent to an activating group) is 1. The van der Waals surface area contributed by atoms with Crippen LogP contribution >= 0.6 is 94.1 Å². The Labute approximate surface area is 822 Å². The number of ketones is 14. The Kier molecular flexibility index (Phi) is 61.4. The van der Waals surface area contributed by atoms with Crippen molar-refractivity contribution >= 4 is 245 Å². The number of rotatable bonds is 79. The van der Waals surface area contributed by atoms with E-state index in [1.54, 1.807) is 62.0 Å². The second kappa shape index (κ2) is 68.6. The molecule has 1 saturated heterocycles. The number of para-hydroxylation sites is 1. The number of nitrogens with zero attached hydrogens (tertiary/aromatic N) is 1. The van der Waals surface area contributed by atoms with Gasteiger partial charge in [0, 0.05) is 240 Å². The van der Waals surface area contributed by atoms with Gasteiger partial charge in [0.25, 0.3) is 0 Å². The SMILES string of the molecule is CNC(Cc1c[nH]c2ccccc12)C(=O)N1CCCC1C(=O)NC(CSC)C(=O)CCC(=O)NCC(=O)CC(CSC)C(=O)CCC(=O)NCC(=O)CC(CSC)C(=O)CCC(=O)NCC(=O)CC(CSC)C(=O)CCC(=O)NCC(=O)CC(CSC)C(=O)CCC(=O)NCC(=O)CC(CSC)C(=O)CCC(=O)NCC(=O)CC(CSC)C(=O)CCC(=O)NCC(=O)CC(CSC)C(=O)O. The molecular formula is C91H133N11O25S8. The molecule has 1 fully saturated rings. The summed E-state index contributed by atoms with van der Waals surface area (Å²) in [7, 11) is 1.69. The highest BCUT2D eigenvalue weighted by Crippen LogP contribution is 2.27. The number of likely N-dealkylation sites (tertiary alicyclic amines) is 1. The average Bonchev–Trinajstić information content (AvgIpc) is 1.67. The number of carbonyl (C=O) groups is 24. The van der Waals surface area contributed by atoms with Crippen LogP contribution in [0.2, 0.25) is 0 Å². The van der Waals surface area contributed by atoms with Crippen molar-refractivity contribution in [2.24, 2.45) is 41.4 Å². The molecule has 0 bridgehead atoms. The number of benzene rings is 1. The van der Waals surface area contributed by atoms with Crippen LogP contribution in [0.4, 0.5) is 0 Å². The minimum atomic E-state index is -1.12. The van der Waals surface area contributed by atoms with Crippen LogP contribution in [0.15, 0.2) is 30.5 Å². The molecule has 11 N–H and O–H groups in total. The standard InChI is InChI=1S/C91H133N11O25S8/c1-92-72(38-55-39-93-71-14-11-10-13-70(55)71)90(125)102-30-12-15-74(102)89(124)101-73(54-135-9)81(116)22-29-88(123)99-45-68(108)36-61(52-133-7)79(114)20-27-86(121)97-43-66(106)34-59(50-131-5)77(112)18-25-84(119)95-41-64(104)32-57(48-129-3)75(110)16-23-82(117)94-40-63(103)31-56(47-128-2)76(111)17-24-83(118)96-42-65(105)33-58(49-130-4)78(113)19-26-85(120)98-44-67(107)35-60(51-132-6)80(115)21-28-87(122)100-46-69(109)37-62(53-134-8)91(126)127/h10-11,13-14,39,56-62,72-74,92-93H,12,15-38,40-54H2,1-9H3,(H,94,117)(H,95,119)(H,96,118)(H,97,121)(H,98,120)(H,99,123)(H,100,122)(H,101,124)(H,126,127). The number of aromatic amines is 1. The number of aliphatic carboxylic acids is 1. The Morgan fingerprint density at radius 3 is 0.874 bits per heavy atom. The van der Waals surface area contributed by atoms with Crippen LogP contribution in [0.5, 0.6) is 0 Å². The summed E-state index contributed by atoms with van der Waals surface area (Å²) in [5, 5.41) is 33.4. The molecule has 0 saturated carbocycles. The van der Waals surface area contributed by atoms with Gasteiger partial charge in [-0.1, -0.05) is 18.2 Å². The lowest BCUT2D eigenvalue weighted by Gasteiger charge is -2.29. The monoisotopic (exact) mass is 2040 g/mol. The molecule has 2 heterocycles. The summed E-state index contributed by atoms with van der Waals surface area (Å²) in [6.07, 6.45) is 11.2. The Morgan fingerprint density at radius 1 is 0.348 bits per heavy atom. The molecule has 0 aliphatic carbocycles. The maximum atomic E-state index is 13.9. The zero-order valence-corrected chi connectivity index (χ0v) is 84.9. The van der Waals surface area contributed by atoms with Crippen molar-refractivity contribution in [3.8, 4) is 0 Å². The van der Waals surface area contributed by atoms with Gasteiger partial charge < -0.3 is 62.8 Å². The van der Waals surface area contributed by atoms with Crippen molar-refractivity contribution < 1.29 is 120 Å². The number of aromatic nitrogens is 1. The summed E-state index contributed by atoms with van der Waals surface area (Å²) >= 11 is 10.3. The molecule has 0 radical (unpaired) electrons. The van der Waals surface area contributed by atoms with Crippen molar-refractivity contribution in [1.29, 1.82) is 0 Å². The number of hydrogen-bond acceptors (Lipinski definition) is 33. The van der Waals surface area contributed by atoms with E-state index in [-0.39, 0.29) is 193 Å². The fourth-order valence-electron chi connectivity index (χ4n) is 14.7. The number of H-pyrrole nitrogens is 1. The van der Waals surface area contributed by atoms with Crippen LogP contribution in [0.3, 0.4) is 0 Å². The predicted octanol–water partition coefficient (Wildman–Crippen LogP) is 4.05. The third-order valence-corrected chi connectivity index (χ3v) is 28.0. The van der Waals surface area contributed by atoms with Gasteiger partial charge in [-0.05, 0) is 88.0 Å². The van der Waals surface area contributed by atoms with E-state index in [9.17, 15) is 120 Å². The molecule has 135 heavy (non-hydrogen) atoms. The third-order valence-electron chi connectivity index (χ3n) is 22.2. The Hall–Kier alpha value is -8.40. The van der Waals surface area contributed by atoms with Crippen LogP contribution in [0, 0.1) is 41.4 Å². The minimum Gasteiger partial charge on any atom is -0.481 e. The molecule has 44 heteroatoms. The molecule has 9 amide bonds. The van der Waals surface area contributed by atoms with Gasteiger partial charge in [-0.25, -0.2) is 0 Å². The molecule has 1 aliphatic rings. The second-order valence-electron chi connectivity index (χ2n) is 32.9. The topological polar surface area (TPSA) is 557 Å². The van der Waals surface area contributed by atoms with Crippen LogP contribution < -0.4 is 47.9 Å². The smallest absolute Gasteiger partial charge is 0.307 e. The summed E-state index contributed by atoms with van der Waals surface area (Å²) in [6.45, 7) is -2.74.